The molecule has 0 saturated heterocycles. The molecule has 0 fully saturated rings. The van der Waals surface area contributed by atoms with Crippen molar-refractivity contribution in [1.82, 2.24) is 19.9 Å². The number of carboxylic acids is 1. The van der Waals surface area contributed by atoms with Crippen LogP contribution in [0.2, 0.25) is 10.0 Å². The van der Waals surface area contributed by atoms with Crippen LogP contribution in [-0.2, 0) is 46.3 Å². The molecule has 0 bridgehead atoms. The third kappa shape index (κ3) is 33.3. The smallest absolute Gasteiger partial charge is 0.870 e. The van der Waals surface area contributed by atoms with Gasteiger partial charge < -0.3 is 55.2 Å². The molecule has 132 heavy (non-hydrogen) atoms. The summed E-state index contributed by atoms with van der Waals surface area (Å²) in [4.78, 5) is 127. The van der Waals surface area contributed by atoms with E-state index in [9.17, 15) is 63.7 Å². The maximum absolute atomic E-state index is 12.3. The number of aromatic nitrogens is 4. The number of rotatable bonds is 23. The molecule has 0 atom stereocenters. The van der Waals surface area contributed by atoms with Crippen molar-refractivity contribution in [1.29, 1.82) is 26.3 Å². The molecule has 664 valence electrons. The summed E-state index contributed by atoms with van der Waals surface area (Å²) < 4.78 is 18.7. The summed E-state index contributed by atoms with van der Waals surface area (Å²) in [5, 5.41) is 57.3. The van der Waals surface area contributed by atoms with Gasteiger partial charge >= 0.3 is 48.7 Å². The Morgan fingerprint density at radius 1 is 0.455 bits per heavy atom. The molecule has 0 amide bonds. The Morgan fingerprint density at radius 3 is 1.12 bits per heavy atom. The molecular weight excluding hydrogens is 1880 g/mol. The van der Waals surface area contributed by atoms with Crippen LogP contribution in [0, 0.1) is 56.7 Å². The van der Waals surface area contributed by atoms with Gasteiger partial charge in [0, 0.05) is 62.5 Å². The number of nitrogens with one attached hydrogen (secondary N) is 4. The van der Waals surface area contributed by atoms with Crippen LogP contribution in [0.3, 0.4) is 0 Å². The van der Waals surface area contributed by atoms with Crippen LogP contribution in [0.5, 0.6) is 0 Å². The van der Waals surface area contributed by atoms with E-state index in [0.29, 0.717) is 116 Å². The van der Waals surface area contributed by atoms with Gasteiger partial charge in [-0.15, -0.1) is 47.9 Å². The van der Waals surface area contributed by atoms with Gasteiger partial charge in [-0.05, 0) is 100.0 Å². The van der Waals surface area contributed by atoms with E-state index in [1.807, 2.05) is 121 Å². The second kappa shape index (κ2) is 57.3. The average Bonchev–Trinajstić information content (AvgIpc) is 0.785. The number of alkyl halides is 1. The number of nitrogens with zero attached hydrogens (tertiary/aromatic N) is 5. The number of esters is 4. The summed E-state index contributed by atoms with van der Waals surface area (Å²) in [6, 6.07) is 86.5. The molecule has 0 spiro atoms. The maximum atomic E-state index is 12.3. The van der Waals surface area contributed by atoms with Gasteiger partial charge in [-0.1, -0.05) is 252 Å². The number of nitriles is 5. The molecule has 0 aliphatic rings. The number of H-pyrrole nitrogens is 4. The van der Waals surface area contributed by atoms with Crippen molar-refractivity contribution < 1.29 is 77.2 Å². The second-order valence-electron chi connectivity index (χ2n) is 26.3. The zero-order valence-corrected chi connectivity index (χ0v) is 78.2. The topological polar surface area (TPSA) is 466 Å². The number of methoxy groups -OCH3 is 3. The number of benzene rings is 9. The van der Waals surface area contributed by atoms with Crippen molar-refractivity contribution in [3.05, 3.63) is 385 Å². The number of hydrogen-bond donors (Lipinski definition) is 7. The van der Waals surface area contributed by atoms with E-state index in [2.05, 4.69) is 88.4 Å². The molecule has 8 N–H and O–H groups in total. The molecule has 13 aromatic rings. The number of carbonyl (C=O) groups is 6. The largest absolute Gasteiger partial charge is 1.00 e. The van der Waals surface area contributed by atoms with Crippen molar-refractivity contribution in [3.8, 4) is 74.9 Å². The van der Waals surface area contributed by atoms with Crippen LogP contribution in [0.25, 0.3) is 44.5 Å². The van der Waals surface area contributed by atoms with Gasteiger partial charge in [0.1, 0.15) is 40.7 Å². The van der Waals surface area contributed by atoms with Crippen LogP contribution in [-0.4, -0.2) is 99.1 Å². The van der Waals surface area contributed by atoms with Crippen molar-refractivity contribution in [2.24, 2.45) is 5.73 Å². The zero-order valence-electron chi connectivity index (χ0n) is 70.9. The predicted molar refractivity (Wildman–Crippen MR) is 515 cm³/mol. The van der Waals surface area contributed by atoms with Crippen molar-refractivity contribution in [2.45, 2.75) is 62.5 Å². The quantitative estimate of drug-likeness (QED) is 0.00360. The number of nitrogens with two attached hydrogens (primary N) is 1. The Bertz CT molecular complexity index is 6690. The van der Waals surface area contributed by atoms with Crippen LogP contribution in [0.1, 0.15) is 116 Å². The first-order valence-corrected chi connectivity index (χ1v) is 44.0. The summed E-state index contributed by atoms with van der Waals surface area (Å²) in [6.07, 6.45) is 0.00713. The molecular formula is C97H78BrCl2LiN10O16S5. The summed E-state index contributed by atoms with van der Waals surface area (Å²) in [7, 11) is 4.04. The average molecular weight is 1960 g/mol. The standard InChI is InChI=1S/C21H15ClN2O3S.C21H16N2O3S.C20H13ClN2O3S.C12H8N2OS.C11H12O3.C9H9BrO2.C3H4N2S.Li.H2O/c1-27-21(26)15-9-5-6-13(10-15)12-28-20-16(11-23)17(18(22)19(25)24-20)14-7-3-2-4-8-14;1-26-21(25)16-9-5-6-14(10-16)13-27-20-18(12-22)17(11-19(24)23-20)15-7-3-2-4-8-15;21-17-16(13-6-2-1-3-7-13)15(10-22)19(23-18(17)24)27-11-12-5-4-8-14(9-12)20(25)26;13-7-10-9(6-11(15)14-12(10)16)8-4-2-1-3-5-8;1-2-14-11(13)8-10(12)9-6-4-3-5-7-9;1-12-9(11)8-4-2-3-7(5-8)6-10;4-2-1-3(5)6;;/h2-10H,12H2,1H3,(H,24,25);2-11H,13H2,1H3,(H,23,24);1-9H,11H2,(H,23,24)(H,25,26);1-6H,(H2,14,15,16);3-7H,2,8H2,1H3;2-5H,6H2,1H3;1H2,(H2,5,6);;1H2/q;;;;;;;+1;/p-1. The fourth-order valence-corrected chi connectivity index (χ4v) is 15.6. The van der Waals surface area contributed by atoms with Crippen LogP contribution in [0.15, 0.2) is 300 Å². The van der Waals surface area contributed by atoms with Crippen LogP contribution >= 0.6 is 99.3 Å². The third-order valence-corrected chi connectivity index (χ3v) is 22.6. The normalized spacial score (nSPS) is 9.75. The van der Waals surface area contributed by atoms with Gasteiger partial charge in [-0.2, -0.15) is 26.3 Å². The minimum atomic E-state index is -1.01. The van der Waals surface area contributed by atoms with Gasteiger partial charge in [0.2, 0.25) is 11.1 Å². The van der Waals surface area contributed by atoms with E-state index < -0.39 is 35.0 Å². The minimum absolute atomic E-state index is 0. The van der Waals surface area contributed by atoms with Gasteiger partial charge in [0.25, 0.3) is 11.1 Å². The predicted octanol–water partition coefficient (Wildman–Crippen LogP) is 16.6. The zero-order chi connectivity index (χ0) is 94.6. The maximum Gasteiger partial charge on any atom is 1.00 e. The number of pyridine rings is 4. The summed E-state index contributed by atoms with van der Waals surface area (Å²) in [6.45, 7) is 2.02. The molecule has 0 unspecified atom stereocenters. The van der Waals surface area contributed by atoms with Crippen molar-refractivity contribution in [2.75, 3.05) is 27.9 Å². The van der Waals surface area contributed by atoms with E-state index in [4.69, 9.17) is 54.0 Å². The number of ether oxygens (including phenoxy) is 4. The molecule has 0 aliphatic carbocycles. The fourth-order valence-electron chi connectivity index (χ4n) is 11.5. The Kier molecular flexibility index (Phi) is 47.1. The number of aromatic amines is 4. The Hall–Kier alpha value is -13.8. The van der Waals surface area contributed by atoms with E-state index in [1.165, 1.54) is 74.8 Å². The Morgan fingerprint density at radius 2 is 0.780 bits per heavy atom. The van der Waals surface area contributed by atoms with Crippen LogP contribution < -0.4 is 46.8 Å². The molecule has 4 heterocycles. The van der Waals surface area contributed by atoms with E-state index >= 15 is 0 Å². The minimum Gasteiger partial charge on any atom is -0.870 e. The van der Waals surface area contributed by atoms with Gasteiger partial charge in [0.15, 0.2) is 5.78 Å². The molecule has 35 heteroatoms. The van der Waals surface area contributed by atoms with E-state index in [0.717, 1.165) is 38.7 Å². The van der Waals surface area contributed by atoms with Gasteiger partial charge in [-0.25, -0.2) is 19.2 Å². The SMILES string of the molecule is CCOC(=O)CC(=O)c1ccccc1.COC(=O)c1cccc(CBr)c1.COC(=O)c1cccc(CSc2[nH]c(=O)c(Cl)c(-c3ccccc3)c2C#N)c1.COC(=O)c1cccc(CSc2[nH]c(=O)cc(-c3ccccc3)c2C#N)c1.N#CCC(N)=S.N#Cc1c(-c2ccccc2)cc(=O)[nH]c1S.N#Cc1c(SCc2cccc(C(=O)O)c2)[nH]c(=O)c(Cl)c1-c1ccccc1.[Li+].[OH-]. The van der Waals surface area contributed by atoms with Gasteiger partial charge in [-0.3, -0.25) is 28.8 Å². The number of thiol groups is 1. The number of carboxylic acid groups (broad SMARTS) is 1. The second-order valence-corrected chi connectivity index (χ2v) is 31.5. The molecule has 26 nitrogen and oxygen atoms in total. The third-order valence-electron chi connectivity index (χ3n) is 17.5. The molecule has 0 saturated carbocycles. The molecule has 0 aliphatic heterocycles. The number of ketones is 1. The van der Waals surface area contributed by atoms with Crippen LogP contribution in [0.4, 0.5) is 0 Å². The molecule has 0 radical (unpaired) electrons. The number of thioether (sulfide) groups is 3. The number of thiocarbonyl (C=S) groups is 1. The van der Waals surface area contributed by atoms with E-state index in [1.54, 1.807) is 140 Å². The fraction of sp³-hybridized carbons (Fsp3) is 0.113. The Labute approximate surface area is 812 Å². The molecule has 13 rings (SSSR count). The first kappa shape index (κ1) is 109. The number of halogens is 3. The number of hydrogen-bond acceptors (Lipinski definition) is 25. The number of carbonyl (C=O) groups excluding carboxylic acids is 5. The van der Waals surface area contributed by atoms with Gasteiger partial charge in [0.05, 0.1) is 110 Å². The number of Topliss-reactive ketones (excluding diaryl/α,β-unsaturated/α-hetero) is 1. The molecule has 4 aromatic heterocycles. The monoisotopic (exact) mass is 1950 g/mol. The Balaban J connectivity index is 0.000000282. The summed E-state index contributed by atoms with van der Waals surface area (Å²) >= 11 is 28.0. The van der Waals surface area contributed by atoms with Crippen molar-refractivity contribution in [3.63, 3.8) is 0 Å². The number of aromatic carboxylic acids is 1. The summed E-state index contributed by atoms with van der Waals surface area (Å²) in [5.74, 6) is -1.47. The van der Waals surface area contributed by atoms with Crippen molar-refractivity contribution >= 4 is 140 Å². The summed E-state index contributed by atoms with van der Waals surface area (Å²) in [5.41, 5.74) is 15.7. The first-order valence-electron chi connectivity index (χ1n) is 38.3. The molecule has 9 aromatic carbocycles. The van der Waals surface area contributed by atoms with E-state index in [-0.39, 0.29) is 86.2 Å². The first-order chi connectivity index (χ1) is 62.7.